The van der Waals surface area contributed by atoms with Crippen LogP contribution in [0, 0.1) is 0 Å². The van der Waals surface area contributed by atoms with Crippen LogP contribution in [-0.4, -0.2) is 35.6 Å². The Morgan fingerprint density at radius 1 is 1.26 bits per heavy atom. The maximum absolute atomic E-state index is 12.9. The summed E-state index contributed by atoms with van der Waals surface area (Å²) in [4.78, 5) is 23.8. The van der Waals surface area contributed by atoms with E-state index in [4.69, 9.17) is 16.3 Å². The number of rotatable bonds is 4. The first-order valence-electron chi connectivity index (χ1n) is 8.78. The number of hydrogen-bond donors (Lipinski definition) is 1. The fourth-order valence-electron chi connectivity index (χ4n) is 3.48. The molecule has 27 heavy (non-hydrogen) atoms. The van der Waals surface area contributed by atoms with Crippen LogP contribution < -0.4 is 15.0 Å². The van der Waals surface area contributed by atoms with Gasteiger partial charge in [-0.2, -0.15) is 0 Å². The van der Waals surface area contributed by atoms with Gasteiger partial charge in [-0.3, -0.25) is 4.79 Å². The molecule has 1 atom stereocenters. The lowest BCUT2D eigenvalue weighted by Gasteiger charge is -2.25. The van der Waals surface area contributed by atoms with E-state index >= 15 is 0 Å². The molecule has 1 aromatic heterocycles. The highest BCUT2D eigenvalue weighted by molar-refractivity contribution is 6.32. The molecule has 2 heterocycles. The molecule has 1 amide bonds. The molecule has 1 aliphatic rings. The van der Waals surface area contributed by atoms with Crippen molar-refractivity contribution in [2.24, 2.45) is 0 Å². The summed E-state index contributed by atoms with van der Waals surface area (Å²) >= 11 is 6.16. The number of anilines is 2. The lowest BCUT2D eigenvalue weighted by Crippen LogP contribution is -2.40. The zero-order valence-corrected chi connectivity index (χ0v) is 15.6. The minimum atomic E-state index is -0.288. The number of amides is 1. The smallest absolute Gasteiger partial charge is 0.247 e. The van der Waals surface area contributed by atoms with E-state index in [1.165, 1.54) is 0 Å². The maximum Gasteiger partial charge on any atom is 0.247 e. The van der Waals surface area contributed by atoms with E-state index in [9.17, 15) is 4.79 Å². The van der Waals surface area contributed by atoms with Gasteiger partial charge in [-0.1, -0.05) is 23.7 Å². The second-order valence-corrected chi connectivity index (χ2v) is 6.81. The molecule has 6 nitrogen and oxygen atoms in total. The van der Waals surface area contributed by atoms with Crippen LogP contribution in [0.1, 0.15) is 12.8 Å². The van der Waals surface area contributed by atoms with E-state index in [1.54, 1.807) is 31.6 Å². The third kappa shape index (κ3) is 3.40. The fraction of sp³-hybridized carbons (Fsp3) is 0.250. The molecule has 7 heteroatoms. The molecule has 0 unspecified atom stereocenters. The number of methoxy groups -OCH3 is 1. The molecule has 0 bridgehead atoms. The van der Waals surface area contributed by atoms with Gasteiger partial charge in [-0.25, -0.2) is 9.97 Å². The topological polar surface area (TPSA) is 67.3 Å². The number of nitrogens with zero attached hydrogens (tertiary/aromatic N) is 3. The van der Waals surface area contributed by atoms with Gasteiger partial charge in [0, 0.05) is 17.6 Å². The van der Waals surface area contributed by atoms with Crippen LogP contribution in [0.4, 0.5) is 11.5 Å². The largest absolute Gasteiger partial charge is 0.495 e. The SMILES string of the molecule is COc1ccc(NC(=O)[C@H]2CCCN2c2ncnc3ccccc23)cc1Cl. The maximum atomic E-state index is 12.9. The summed E-state index contributed by atoms with van der Waals surface area (Å²) in [6, 6.07) is 12.8. The Morgan fingerprint density at radius 3 is 2.93 bits per heavy atom. The number of hydrogen-bond acceptors (Lipinski definition) is 5. The Morgan fingerprint density at radius 2 is 2.11 bits per heavy atom. The average Bonchev–Trinajstić information content (AvgIpc) is 3.17. The van der Waals surface area contributed by atoms with Gasteiger partial charge in [0.25, 0.3) is 0 Å². The van der Waals surface area contributed by atoms with Gasteiger partial charge in [0.05, 0.1) is 17.6 Å². The summed E-state index contributed by atoms with van der Waals surface area (Å²) < 4.78 is 5.15. The zero-order chi connectivity index (χ0) is 18.8. The molecule has 0 saturated carbocycles. The third-order valence-corrected chi connectivity index (χ3v) is 5.06. The highest BCUT2D eigenvalue weighted by atomic mass is 35.5. The lowest BCUT2D eigenvalue weighted by atomic mass is 10.1. The van der Waals surface area contributed by atoms with Crippen molar-refractivity contribution in [3.63, 3.8) is 0 Å². The first-order valence-corrected chi connectivity index (χ1v) is 9.16. The number of benzene rings is 2. The van der Waals surface area contributed by atoms with E-state index in [0.717, 1.165) is 36.1 Å². The molecule has 0 spiro atoms. The van der Waals surface area contributed by atoms with Gasteiger partial charge in [0.1, 0.15) is 23.9 Å². The predicted octanol–water partition coefficient (Wildman–Crippen LogP) is 3.90. The zero-order valence-electron chi connectivity index (χ0n) is 14.9. The standard InChI is InChI=1S/C20H19ClN4O2/c1-27-18-9-8-13(11-15(18)21)24-20(26)17-7-4-10-25(17)19-14-5-2-3-6-16(14)22-12-23-19/h2-3,5-6,8-9,11-12,17H,4,7,10H2,1H3,(H,24,26)/t17-/m1/s1. The molecule has 0 radical (unpaired) electrons. The molecule has 0 aliphatic carbocycles. The second-order valence-electron chi connectivity index (χ2n) is 6.40. The van der Waals surface area contributed by atoms with Crippen molar-refractivity contribution >= 4 is 39.9 Å². The Balaban J connectivity index is 1.59. The number of carbonyl (C=O) groups is 1. The minimum Gasteiger partial charge on any atom is -0.495 e. The summed E-state index contributed by atoms with van der Waals surface area (Å²) in [6.07, 6.45) is 3.25. The number of aromatic nitrogens is 2. The Kier molecular flexibility index (Phi) is 4.81. The fourth-order valence-corrected chi connectivity index (χ4v) is 3.74. The van der Waals surface area contributed by atoms with Crippen LogP contribution in [0.5, 0.6) is 5.75 Å². The molecular weight excluding hydrogens is 364 g/mol. The molecule has 2 aromatic carbocycles. The van der Waals surface area contributed by atoms with Crippen LogP contribution in [0.2, 0.25) is 5.02 Å². The van der Waals surface area contributed by atoms with Crippen molar-refractivity contribution in [2.75, 3.05) is 23.9 Å². The van der Waals surface area contributed by atoms with Gasteiger partial charge < -0.3 is 15.0 Å². The van der Waals surface area contributed by atoms with Crippen LogP contribution in [0.25, 0.3) is 10.9 Å². The Bertz CT molecular complexity index is 989. The normalized spacial score (nSPS) is 16.5. The van der Waals surface area contributed by atoms with Crippen molar-refractivity contribution in [3.8, 4) is 5.75 Å². The summed E-state index contributed by atoms with van der Waals surface area (Å²) in [5.41, 5.74) is 1.51. The number of para-hydroxylation sites is 1. The summed E-state index contributed by atoms with van der Waals surface area (Å²) in [5.74, 6) is 1.30. The molecular formula is C20H19ClN4O2. The van der Waals surface area contributed by atoms with Crippen LogP contribution in [0.3, 0.4) is 0 Å². The van der Waals surface area contributed by atoms with Crippen molar-refractivity contribution in [3.05, 3.63) is 53.8 Å². The van der Waals surface area contributed by atoms with Crippen molar-refractivity contribution in [1.82, 2.24) is 9.97 Å². The number of fused-ring (bicyclic) bond motifs is 1. The van der Waals surface area contributed by atoms with Crippen molar-refractivity contribution < 1.29 is 9.53 Å². The molecule has 138 valence electrons. The van der Waals surface area contributed by atoms with Gasteiger partial charge in [-0.05, 0) is 43.2 Å². The molecule has 3 aromatic rings. The molecule has 1 N–H and O–H groups in total. The Hall–Kier alpha value is -2.86. The molecule has 1 fully saturated rings. The third-order valence-electron chi connectivity index (χ3n) is 4.77. The van der Waals surface area contributed by atoms with Gasteiger partial charge >= 0.3 is 0 Å². The Labute approximate surface area is 162 Å². The predicted molar refractivity (Wildman–Crippen MR) is 107 cm³/mol. The summed E-state index contributed by atoms with van der Waals surface area (Å²) in [7, 11) is 1.56. The summed E-state index contributed by atoms with van der Waals surface area (Å²) in [5, 5.41) is 4.37. The molecule has 1 saturated heterocycles. The second kappa shape index (κ2) is 7.40. The van der Waals surface area contributed by atoms with Crippen LogP contribution in [-0.2, 0) is 4.79 Å². The molecule has 4 rings (SSSR count). The number of halogens is 1. The van der Waals surface area contributed by atoms with E-state index in [1.807, 2.05) is 24.3 Å². The average molecular weight is 383 g/mol. The first kappa shape index (κ1) is 17.5. The summed E-state index contributed by atoms with van der Waals surface area (Å²) in [6.45, 7) is 0.780. The molecule has 1 aliphatic heterocycles. The van der Waals surface area contributed by atoms with Crippen molar-refractivity contribution in [1.29, 1.82) is 0 Å². The van der Waals surface area contributed by atoms with Gasteiger partial charge in [0.2, 0.25) is 5.91 Å². The lowest BCUT2D eigenvalue weighted by molar-refractivity contribution is -0.117. The van der Waals surface area contributed by atoms with E-state index < -0.39 is 0 Å². The van der Waals surface area contributed by atoms with E-state index in [-0.39, 0.29) is 11.9 Å². The van der Waals surface area contributed by atoms with Gasteiger partial charge in [0.15, 0.2) is 0 Å². The minimum absolute atomic E-state index is 0.0728. The first-order chi connectivity index (χ1) is 13.2. The number of carbonyl (C=O) groups excluding carboxylic acids is 1. The highest BCUT2D eigenvalue weighted by Gasteiger charge is 2.32. The van der Waals surface area contributed by atoms with Crippen molar-refractivity contribution in [2.45, 2.75) is 18.9 Å². The van der Waals surface area contributed by atoms with Gasteiger partial charge in [-0.15, -0.1) is 0 Å². The van der Waals surface area contributed by atoms with Crippen LogP contribution in [0.15, 0.2) is 48.8 Å². The monoisotopic (exact) mass is 382 g/mol. The van der Waals surface area contributed by atoms with E-state index in [0.29, 0.717) is 16.5 Å². The van der Waals surface area contributed by atoms with E-state index in [2.05, 4.69) is 20.2 Å². The number of nitrogens with one attached hydrogen (secondary N) is 1. The van der Waals surface area contributed by atoms with Crippen LogP contribution >= 0.6 is 11.6 Å². The highest BCUT2D eigenvalue weighted by Crippen LogP contribution is 2.31. The number of ether oxygens (including phenoxy) is 1. The quantitative estimate of drug-likeness (QED) is 0.741.